The van der Waals surface area contributed by atoms with Crippen LogP contribution in [0.5, 0.6) is 0 Å². The first kappa shape index (κ1) is 11.6. The number of hydrogen-bond donors (Lipinski definition) is 1. The molecule has 5 nitrogen and oxygen atoms in total. The molecule has 0 amide bonds. The Bertz CT molecular complexity index is 549. The second kappa shape index (κ2) is 3.91. The van der Waals surface area contributed by atoms with Crippen molar-refractivity contribution in [3.05, 3.63) is 26.9 Å². The minimum absolute atomic E-state index is 0.0618. The van der Waals surface area contributed by atoms with Crippen LogP contribution in [0, 0.1) is 33.8 Å². The van der Waals surface area contributed by atoms with Gasteiger partial charge in [-0.1, -0.05) is 0 Å². The Morgan fingerprint density at radius 2 is 2.05 bits per heavy atom. The summed E-state index contributed by atoms with van der Waals surface area (Å²) in [5.41, 5.74) is 0.0618. The van der Waals surface area contributed by atoms with Crippen LogP contribution in [0.2, 0.25) is 0 Å². The fourth-order valence-electron chi connectivity index (χ4n) is 4.36. The molecule has 0 aliphatic heterocycles. The van der Waals surface area contributed by atoms with E-state index in [-0.39, 0.29) is 10.6 Å². The van der Waals surface area contributed by atoms with Crippen molar-refractivity contribution < 1.29 is 4.92 Å². The first-order valence-electron chi connectivity index (χ1n) is 6.71. The first-order valence-corrected chi connectivity index (χ1v) is 7.51. The van der Waals surface area contributed by atoms with Crippen LogP contribution in [0.25, 0.3) is 0 Å². The third kappa shape index (κ3) is 1.69. The van der Waals surface area contributed by atoms with Crippen LogP contribution in [-0.4, -0.2) is 15.9 Å². The molecule has 19 heavy (non-hydrogen) atoms. The van der Waals surface area contributed by atoms with E-state index >= 15 is 0 Å². The van der Waals surface area contributed by atoms with Gasteiger partial charge >= 0.3 is 5.69 Å². The zero-order valence-corrected chi connectivity index (χ0v) is 11.8. The van der Waals surface area contributed by atoms with Crippen LogP contribution in [0.3, 0.4) is 0 Å². The number of nitrogens with one attached hydrogen (secondary N) is 1. The van der Waals surface area contributed by atoms with Gasteiger partial charge in [0.25, 0.3) is 0 Å². The highest BCUT2D eigenvalue weighted by molar-refractivity contribution is 9.10. The molecule has 0 aromatic carbocycles. The lowest BCUT2D eigenvalue weighted by Crippen LogP contribution is -2.14. The third-order valence-corrected chi connectivity index (χ3v) is 5.50. The van der Waals surface area contributed by atoms with Crippen molar-refractivity contribution in [3.8, 4) is 0 Å². The molecule has 6 heteroatoms. The number of nitro groups is 1. The number of fused-ring (bicyclic) bond motifs is 5. The number of nitrogens with zero attached hydrogens (tertiary/aromatic N) is 2. The highest BCUT2D eigenvalue weighted by atomic mass is 79.9. The van der Waals surface area contributed by atoms with E-state index in [1.807, 2.05) is 0 Å². The lowest BCUT2D eigenvalue weighted by atomic mass is 10.0. The average Bonchev–Trinajstić information content (AvgIpc) is 2.79. The second-order valence-electron chi connectivity index (χ2n) is 5.94. The van der Waals surface area contributed by atoms with Crippen LogP contribution in [0.15, 0.2) is 16.7 Å². The molecule has 1 heterocycles. The van der Waals surface area contributed by atoms with Crippen LogP contribution >= 0.6 is 15.9 Å². The molecule has 2 bridgehead atoms. The molecule has 0 saturated heterocycles. The number of rotatable bonds is 3. The number of pyridine rings is 1. The molecule has 0 spiro atoms. The predicted molar refractivity (Wildman–Crippen MR) is 73.8 cm³/mol. The van der Waals surface area contributed by atoms with Gasteiger partial charge in [0, 0.05) is 22.8 Å². The lowest BCUT2D eigenvalue weighted by molar-refractivity contribution is -0.384. The summed E-state index contributed by atoms with van der Waals surface area (Å²) in [6, 6.07) is 1.93. The van der Waals surface area contributed by atoms with Gasteiger partial charge in [0.1, 0.15) is 0 Å². The fourth-order valence-corrected chi connectivity index (χ4v) is 4.67. The van der Waals surface area contributed by atoms with Crippen molar-refractivity contribution in [1.82, 2.24) is 4.98 Å². The van der Waals surface area contributed by atoms with Gasteiger partial charge in [-0.25, -0.2) is 4.98 Å². The van der Waals surface area contributed by atoms with Gasteiger partial charge in [0.05, 0.1) is 4.92 Å². The summed E-state index contributed by atoms with van der Waals surface area (Å²) >= 11 is 3.23. The summed E-state index contributed by atoms with van der Waals surface area (Å²) in [7, 11) is 0. The van der Waals surface area contributed by atoms with E-state index in [0.717, 1.165) is 23.7 Å². The zero-order valence-electron chi connectivity index (χ0n) is 10.3. The highest BCUT2D eigenvalue weighted by Crippen LogP contribution is 2.66. The second-order valence-corrected chi connectivity index (χ2v) is 6.85. The van der Waals surface area contributed by atoms with Crippen LogP contribution < -0.4 is 5.32 Å². The minimum atomic E-state index is -0.368. The van der Waals surface area contributed by atoms with E-state index in [4.69, 9.17) is 0 Å². The number of hydrogen-bond acceptors (Lipinski definition) is 4. The topological polar surface area (TPSA) is 68.1 Å². The smallest absolute Gasteiger partial charge is 0.312 e. The van der Waals surface area contributed by atoms with Crippen LogP contribution in [-0.2, 0) is 0 Å². The zero-order chi connectivity index (χ0) is 13.1. The van der Waals surface area contributed by atoms with Gasteiger partial charge < -0.3 is 5.32 Å². The third-order valence-electron chi connectivity index (χ3n) is 5.07. The normalized spacial score (nSPS) is 38.1. The van der Waals surface area contributed by atoms with Crippen LogP contribution in [0.4, 0.5) is 11.5 Å². The minimum Gasteiger partial charge on any atom is -0.361 e. The molecule has 4 rings (SSSR count). The molecule has 1 aromatic rings. The van der Waals surface area contributed by atoms with Gasteiger partial charge in [0.15, 0.2) is 0 Å². The maximum atomic E-state index is 11.1. The molecule has 3 aliphatic carbocycles. The SMILES string of the molecule is O=[N+]([O-])c1cc(Br)cnc1NC1C2C3CCC(C3)C12. The average molecular weight is 324 g/mol. The monoisotopic (exact) mass is 323 g/mol. The van der Waals surface area contributed by atoms with E-state index in [1.54, 1.807) is 6.20 Å². The Labute approximate surface area is 119 Å². The number of halogens is 1. The van der Waals surface area contributed by atoms with Gasteiger partial charge in [0.2, 0.25) is 5.82 Å². The molecule has 3 aliphatic rings. The molecule has 3 saturated carbocycles. The van der Waals surface area contributed by atoms with Gasteiger partial charge in [-0.05, 0) is 58.9 Å². The molecule has 4 atom stereocenters. The van der Waals surface area contributed by atoms with E-state index in [9.17, 15) is 10.1 Å². The summed E-state index contributed by atoms with van der Waals surface area (Å²) in [5, 5.41) is 14.4. The standard InChI is InChI=1S/C13H14BrN3O2/c14-8-4-9(17(18)19)13(15-5-8)16-12-10-6-1-2-7(3-6)11(10)12/h4-7,10-12H,1-3H2,(H,15,16). The van der Waals surface area contributed by atoms with E-state index in [2.05, 4.69) is 26.2 Å². The molecular weight excluding hydrogens is 310 g/mol. The summed E-state index contributed by atoms with van der Waals surface area (Å²) in [5.74, 6) is 3.60. The summed E-state index contributed by atoms with van der Waals surface area (Å²) < 4.78 is 0.640. The molecule has 1 aromatic heterocycles. The van der Waals surface area contributed by atoms with Crippen molar-refractivity contribution >= 4 is 27.4 Å². The number of aromatic nitrogens is 1. The molecule has 1 N–H and O–H groups in total. The van der Waals surface area contributed by atoms with Gasteiger partial charge in [-0.3, -0.25) is 10.1 Å². The van der Waals surface area contributed by atoms with Crippen molar-refractivity contribution in [3.63, 3.8) is 0 Å². The quantitative estimate of drug-likeness (QED) is 0.685. The first-order chi connectivity index (χ1) is 9.15. The molecule has 100 valence electrons. The van der Waals surface area contributed by atoms with Crippen LogP contribution in [0.1, 0.15) is 19.3 Å². The molecule has 3 fully saturated rings. The highest BCUT2D eigenvalue weighted by Gasteiger charge is 2.65. The summed E-state index contributed by atoms with van der Waals surface area (Å²) in [4.78, 5) is 14.9. The van der Waals surface area contributed by atoms with Crippen molar-refractivity contribution in [1.29, 1.82) is 0 Å². The van der Waals surface area contributed by atoms with E-state index in [0.29, 0.717) is 16.3 Å². The molecule has 0 radical (unpaired) electrons. The van der Waals surface area contributed by atoms with E-state index in [1.165, 1.54) is 25.3 Å². The Morgan fingerprint density at radius 3 is 2.68 bits per heavy atom. The van der Waals surface area contributed by atoms with E-state index < -0.39 is 0 Å². The number of anilines is 1. The molecule has 4 unspecified atom stereocenters. The predicted octanol–water partition coefficient (Wildman–Crippen LogP) is 3.21. The maximum Gasteiger partial charge on any atom is 0.312 e. The van der Waals surface area contributed by atoms with Gasteiger partial charge in [-0.15, -0.1) is 0 Å². The summed E-state index contributed by atoms with van der Waals surface area (Å²) in [6.07, 6.45) is 5.69. The Kier molecular flexibility index (Phi) is 2.40. The lowest BCUT2D eigenvalue weighted by Gasteiger charge is -2.11. The largest absolute Gasteiger partial charge is 0.361 e. The maximum absolute atomic E-state index is 11.1. The molecular formula is C13H14BrN3O2. The Morgan fingerprint density at radius 1 is 1.37 bits per heavy atom. The van der Waals surface area contributed by atoms with Gasteiger partial charge in [-0.2, -0.15) is 0 Å². The van der Waals surface area contributed by atoms with Crippen molar-refractivity contribution in [2.24, 2.45) is 23.7 Å². The Balaban J connectivity index is 1.57. The summed E-state index contributed by atoms with van der Waals surface area (Å²) in [6.45, 7) is 0. The fraction of sp³-hybridized carbons (Fsp3) is 0.615. The Hall–Kier alpha value is -1.17. The van der Waals surface area contributed by atoms with Crippen molar-refractivity contribution in [2.45, 2.75) is 25.3 Å². The van der Waals surface area contributed by atoms with Crippen molar-refractivity contribution in [2.75, 3.05) is 5.32 Å².